The second-order valence-corrected chi connectivity index (χ2v) is 3.58. The maximum absolute atomic E-state index is 13.7. The van der Waals surface area contributed by atoms with Crippen LogP contribution in [0.5, 0.6) is 0 Å². The van der Waals surface area contributed by atoms with Crippen LogP contribution in [0.2, 0.25) is 5.02 Å². The van der Waals surface area contributed by atoms with Crippen molar-refractivity contribution in [2.45, 2.75) is 0 Å². The summed E-state index contributed by atoms with van der Waals surface area (Å²) in [6.45, 7) is 0. The summed E-state index contributed by atoms with van der Waals surface area (Å²) in [5, 5.41) is 4.02. The molecule has 0 fully saturated rings. The maximum Gasteiger partial charge on any atom is 0.151 e. The molecule has 2 N–H and O–H groups in total. The Morgan fingerprint density at radius 2 is 2.20 bits per heavy atom. The number of rotatable bonds is 1. The Bertz CT molecular complexity index is 488. The Balaban J connectivity index is 2.69. The lowest BCUT2D eigenvalue weighted by molar-refractivity contribution is 0.628. The summed E-state index contributed by atoms with van der Waals surface area (Å²) in [5.41, 5.74) is 7.03. The van der Waals surface area contributed by atoms with E-state index in [-0.39, 0.29) is 5.02 Å². The molecular weight excluding hydrogens is 217 g/mol. The molecule has 15 heavy (non-hydrogen) atoms. The predicted molar refractivity (Wildman–Crippen MR) is 58.0 cm³/mol. The minimum atomic E-state index is -0.477. The summed E-state index contributed by atoms with van der Waals surface area (Å²) in [5.74, 6) is -0.477. The van der Waals surface area contributed by atoms with Crippen molar-refractivity contribution < 1.29 is 4.39 Å². The topological polar surface area (TPSA) is 43.8 Å². The molecule has 0 aliphatic heterocycles. The third-order valence-corrected chi connectivity index (χ3v) is 2.47. The van der Waals surface area contributed by atoms with Crippen LogP contribution in [0.4, 0.5) is 10.1 Å². The number of hydrogen-bond acceptors (Lipinski definition) is 2. The molecule has 78 valence electrons. The van der Waals surface area contributed by atoms with Crippen LogP contribution in [-0.4, -0.2) is 9.78 Å². The first-order valence-electron chi connectivity index (χ1n) is 4.33. The van der Waals surface area contributed by atoms with Crippen LogP contribution in [0.3, 0.4) is 0 Å². The summed E-state index contributed by atoms with van der Waals surface area (Å²) in [6, 6.07) is 4.79. The zero-order valence-electron chi connectivity index (χ0n) is 8.04. The van der Waals surface area contributed by atoms with Crippen LogP contribution in [-0.2, 0) is 7.05 Å². The van der Waals surface area contributed by atoms with Gasteiger partial charge in [0.25, 0.3) is 0 Å². The fourth-order valence-electron chi connectivity index (χ4n) is 1.47. The smallest absolute Gasteiger partial charge is 0.151 e. The van der Waals surface area contributed by atoms with Gasteiger partial charge >= 0.3 is 0 Å². The number of aryl methyl sites for hydroxylation is 1. The minimum absolute atomic E-state index is 0.0769. The van der Waals surface area contributed by atoms with Gasteiger partial charge in [-0.2, -0.15) is 5.10 Å². The van der Waals surface area contributed by atoms with E-state index in [0.29, 0.717) is 16.9 Å². The largest absolute Gasteiger partial charge is 0.396 e. The van der Waals surface area contributed by atoms with Crippen LogP contribution < -0.4 is 5.73 Å². The molecule has 1 heterocycles. The Labute approximate surface area is 91.3 Å². The van der Waals surface area contributed by atoms with Crippen molar-refractivity contribution in [1.29, 1.82) is 0 Å². The van der Waals surface area contributed by atoms with Crippen LogP contribution in [0.15, 0.2) is 24.4 Å². The minimum Gasteiger partial charge on any atom is -0.396 e. The molecule has 3 nitrogen and oxygen atoms in total. The second-order valence-electron chi connectivity index (χ2n) is 3.17. The van der Waals surface area contributed by atoms with Gasteiger partial charge in [0.2, 0.25) is 0 Å². The highest BCUT2D eigenvalue weighted by atomic mass is 35.5. The van der Waals surface area contributed by atoms with Gasteiger partial charge in [0, 0.05) is 12.6 Å². The SMILES string of the molecule is Cn1ncc(N)c1-c1cccc(Cl)c1F. The van der Waals surface area contributed by atoms with Gasteiger partial charge in [-0.05, 0) is 12.1 Å². The zero-order valence-corrected chi connectivity index (χ0v) is 8.79. The maximum atomic E-state index is 13.7. The van der Waals surface area contributed by atoms with Crippen molar-refractivity contribution in [2.24, 2.45) is 7.05 Å². The summed E-state index contributed by atoms with van der Waals surface area (Å²) in [6.07, 6.45) is 1.48. The molecule has 0 saturated heterocycles. The number of nitrogens with zero attached hydrogens (tertiary/aromatic N) is 2. The molecule has 1 aromatic carbocycles. The van der Waals surface area contributed by atoms with Gasteiger partial charge in [-0.15, -0.1) is 0 Å². The van der Waals surface area contributed by atoms with Crippen molar-refractivity contribution in [3.05, 3.63) is 35.2 Å². The van der Waals surface area contributed by atoms with Gasteiger partial charge in [0.1, 0.15) is 0 Å². The van der Waals surface area contributed by atoms with E-state index in [0.717, 1.165) is 0 Å². The number of benzene rings is 1. The standard InChI is InChI=1S/C10H9ClFN3/c1-15-10(8(13)5-14-15)6-3-2-4-7(11)9(6)12/h2-5H,13H2,1H3. The Morgan fingerprint density at radius 3 is 2.80 bits per heavy atom. The highest BCUT2D eigenvalue weighted by Gasteiger charge is 2.14. The molecule has 2 rings (SSSR count). The lowest BCUT2D eigenvalue weighted by Crippen LogP contribution is -1.98. The molecule has 2 aromatic rings. The highest BCUT2D eigenvalue weighted by molar-refractivity contribution is 6.31. The molecule has 0 saturated carbocycles. The summed E-state index contributed by atoms with van der Waals surface area (Å²) in [4.78, 5) is 0. The molecule has 0 unspecified atom stereocenters. The number of hydrogen-bond donors (Lipinski definition) is 1. The third kappa shape index (κ3) is 1.57. The molecule has 0 radical (unpaired) electrons. The van der Waals surface area contributed by atoms with Gasteiger partial charge in [-0.3, -0.25) is 4.68 Å². The number of nitrogen functional groups attached to an aromatic ring is 1. The van der Waals surface area contributed by atoms with Crippen molar-refractivity contribution in [1.82, 2.24) is 9.78 Å². The summed E-state index contributed by atoms with van der Waals surface area (Å²) < 4.78 is 15.2. The normalized spacial score (nSPS) is 10.6. The first kappa shape index (κ1) is 9.98. The van der Waals surface area contributed by atoms with E-state index in [4.69, 9.17) is 17.3 Å². The first-order valence-corrected chi connectivity index (χ1v) is 4.71. The molecular formula is C10H9ClFN3. The Hall–Kier alpha value is -1.55. The first-order chi connectivity index (χ1) is 7.11. The van der Waals surface area contributed by atoms with Gasteiger partial charge < -0.3 is 5.73 Å². The van der Waals surface area contributed by atoms with Crippen LogP contribution >= 0.6 is 11.6 Å². The molecule has 0 spiro atoms. The van der Waals surface area contributed by atoms with E-state index in [1.165, 1.54) is 16.9 Å². The van der Waals surface area contributed by atoms with E-state index < -0.39 is 5.82 Å². The van der Waals surface area contributed by atoms with Gasteiger partial charge in [-0.25, -0.2) is 4.39 Å². The quantitative estimate of drug-likeness (QED) is 0.810. The third-order valence-electron chi connectivity index (χ3n) is 2.17. The molecule has 0 amide bonds. The van der Waals surface area contributed by atoms with Crippen molar-refractivity contribution in [2.75, 3.05) is 5.73 Å². The average molecular weight is 226 g/mol. The summed E-state index contributed by atoms with van der Waals surface area (Å²) in [7, 11) is 1.70. The molecule has 0 atom stereocenters. The van der Waals surface area contributed by atoms with Crippen molar-refractivity contribution in [3.63, 3.8) is 0 Å². The lowest BCUT2D eigenvalue weighted by atomic mass is 10.1. The molecule has 0 bridgehead atoms. The van der Waals surface area contributed by atoms with E-state index in [1.54, 1.807) is 19.2 Å². The van der Waals surface area contributed by atoms with Crippen LogP contribution in [0.1, 0.15) is 0 Å². The van der Waals surface area contributed by atoms with Gasteiger partial charge in [0.15, 0.2) is 5.82 Å². The fraction of sp³-hybridized carbons (Fsp3) is 0.100. The summed E-state index contributed by atoms with van der Waals surface area (Å²) >= 11 is 5.69. The van der Waals surface area contributed by atoms with Gasteiger partial charge in [0.05, 0.1) is 22.6 Å². The highest BCUT2D eigenvalue weighted by Crippen LogP contribution is 2.30. The Morgan fingerprint density at radius 1 is 1.47 bits per heavy atom. The number of halogens is 2. The molecule has 1 aromatic heterocycles. The van der Waals surface area contributed by atoms with E-state index in [1.807, 2.05) is 0 Å². The Kier molecular flexibility index (Phi) is 2.36. The van der Waals surface area contributed by atoms with E-state index in [9.17, 15) is 4.39 Å². The predicted octanol–water partition coefficient (Wildman–Crippen LogP) is 2.46. The monoisotopic (exact) mass is 225 g/mol. The fourth-order valence-corrected chi connectivity index (χ4v) is 1.65. The van der Waals surface area contributed by atoms with E-state index >= 15 is 0 Å². The molecule has 0 aliphatic carbocycles. The van der Waals surface area contributed by atoms with Gasteiger partial charge in [-0.1, -0.05) is 17.7 Å². The van der Waals surface area contributed by atoms with Crippen LogP contribution in [0.25, 0.3) is 11.3 Å². The molecule has 5 heteroatoms. The number of anilines is 1. The van der Waals surface area contributed by atoms with Crippen LogP contribution in [0, 0.1) is 5.82 Å². The van der Waals surface area contributed by atoms with E-state index in [2.05, 4.69) is 5.10 Å². The number of aromatic nitrogens is 2. The number of nitrogens with two attached hydrogens (primary N) is 1. The lowest BCUT2D eigenvalue weighted by Gasteiger charge is -2.06. The van der Waals surface area contributed by atoms with Crippen molar-refractivity contribution >= 4 is 17.3 Å². The zero-order chi connectivity index (χ0) is 11.0. The second kappa shape index (κ2) is 3.55. The molecule has 0 aliphatic rings. The average Bonchev–Trinajstić information content (AvgIpc) is 2.52. The van der Waals surface area contributed by atoms with Crippen molar-refractivity contribution in [3.8, 4) is 11.3 Å².